The van der Waals surface area contributed by atoms with Gasteiger partial charge in [0.1, 0.15) is 25.0 Å². The summed E-state index contributed by atoms with van der Waals surface area (Å²) < 4.78 is 6.52. The summed E-state index contributed by atoms with van der Waals surface area (Å²) in [7, 11) is 4.42. The highest BCUT2D eigenvalue weighted by Crippen LogP contribution is 2.13. The summed E-state index contributed by atoms with van der Waals surface area (Å²) in [6.07, 6.45) is 13.2. The molecule has 0 saturated heterocycles. The van der Waals surface area contributed by atoms with Gasteiger partial charge in [-0.15, -0.1) is 0 Å². The summed E-state index contributed by atoms with van der Waals surface area (Å²) >= 11 is 0. The fourth-order valence-electron chi connectivity index (χ4n) is 3.45. The number of ether oxygens (including phenoxy) is 1. The van der Waals surface area contributed by atoms with Crippen molar-refractivity contribution in [2.24, 2.45) is 0 Å². The maximum atomic E-state index is 10.3. The largest absolute Gasteiger partial charge is 1.00 e. The van der Waals surface area contributed by atoms with Crippen LogP contribution in [0.2, 0.25) is 0 Å². The second-order valence-corrected chi connectivity index (χ2v) is 8.30. The van der Waals surface area contributed by atoms with Crippen molar-refractivity contribution in [1.82, 2.24) is 0 Å². The zero-order valence-corrected chi connectivity index (χ0v) is 18.6. The molecule has 0 aromatic heterocycles. The molecule has 0 spiro atoms. The molecule has 1 aromatic carbocycles. The molecule has 0 saturated carbocycles. The van der Waals surface area contributed by atoms with E-state index in [1.54, 1.807) is 0 Å². The lowest BCUT2D eigenvalue weighted by Gasteiger charge is -2.31. The van der Waals surface area contributed by atoms with Gasteiger partial charge in [0.25, 0.3) is 0 Å². The van der Waals surface area contributed by atoms with Crippen molar-refractivity contribution in [2.75, 3.05) is 33.8 Å². The first-order chi connectivity index (χ1) is 12.5. The Morgan fingerprint density at radius 1 is 0.852 bits per heavy atom. The van der Waals surface area contributed by atoms with Crippen molar-refractivity contribution >= 4 is 0 Å². The predicted octanol–water partition coefficient (Wildman–Crippen LogP) is 2.43. The average Bonchev–Trinajstić information content (AvgIpc) is 2.62. The molecule has 1 aromatic rings. The minimum absolute atomic E-state index is 0. The first-order valence-electron chi connectivity index (χ1n) is 10.7. The zero-order chi connectivity index (χ0) is 19.1. The van der Waals surface area contributed by atoms with Crippen LogP contribution in [0.3, 0.4) is 0 Å². The molecular weight excluding hydrogens is 358 g/mol. The highest BCUT2D eigenvalue weighted by molar-refractivity contribution is 5.20. The van der Waals surface area contributed by atoms with Crippen molar-refractivity contribution in [1.29, 1.82) is 0 Å². The van der Waals surface area contributed by atoms with Crippen molar-refractivity contribution < 1.29 is 26.7 Å². The SMILES string of the molecule is CCCCCCCCCCCC[N+](C)(C)CC(O)COc1ccccc1.[Cl-]. The molecule has 0 aliphatic carbocycles. The molecule has 0 fully saturated rings. The summed E-state index contributed by atoms with van der Waals surface area (Å²) in [6.45, 7) is 4.50. The first kappa shape index (κ1) is 26.2. The Hall–Kier alpha value is -0.770. The fraction of sp³-hybridized carbons (Fsp3) is 0.739. The van der Waals surface area contributed by atoms with Crippen LogP contribution in [-0.2, 0) is 0 Å². The van der Waals surface area contributed by atoms with E-state index in [-0.39, 0.29) is 12.4 Å². The average molecular weight is 400 g/mol. The Bertz CT molecular complexity index is 439. The molecule has 158 valence electrons. The quantitative estimate of drug-likeness (QED) is 0.341. The molecule has 0 radical (unpaired) electrons. The highest BCUT2D eigenvalue weighted by atomic mass is 35.5. The van der Waals surface area contributed by atoms with Crippen LogP contribution in [0, 0.1) is 0 Å². The van der Waals surface area contributed by atoms with Gasteiger partial charge in [0.15, 0.2) is 0 Å². The van der Waals surface area contributed by atoms with E-state index in [1.165, 1.54) is 64.2 Å². The third-order valence-electron chi connectivity index (χ3n) is 5.01. The topological polar surface area (TPSA) is 29.5 Å². The van der Waals surface area contributed by atoms with Gasteiger partial charge in [0.2, 0.25) is 0 Å². The number of hydrogen-bond donors (Lipinski definition) is 1. The number of para-hydroxylation sites is 1. The third-order valence-corrected chi connectivity index (χ3v) is 5.01. The summed E-state index contributed by atoms with van der Waals surface area (Å²) in [6, 6.07) is 9.72. The maximum Gasteiger partial charge on any atom is 0.137 e. The first-order valence-corrected chi connectivity index (χ1v) is 10.7. The van der Waals surface area contributed by atoms with Gasteiger partial charge in [-0.1, -0.05) is 76.5 Å². The van der Waals surface area contributed by atoms with E-state index in [9.17, 15) is 5.11 Å². The van der Waals surface area contributed by atoms with E-state index >= 15 is 0 Å². The van der Waals surface area contributed by atoms with Gasteiger partial charge in [-0.05, 0) is 25.0 Å². The summed E-state index contributed by atoms with van der Waals surface area (Å²) in [5, 5.41) is 10.3. The van der Waals surface area contributed by atoms with Crippen LogP contribution in [0.4, 0.5) is 0 Å². The number of halogens is 1. The Labute approximate surface area is 174 Å². The van der Waals surface area contributed by atoms with Crippen molar-refractivity contribution in [3.8, 4) is 5.75 Å². The van der Waals surface area contributed by atoms with Crippen LogP contribution in [0.5, 0.6) is 5.75 Å². The van der Waals surface area contributed by atoms with Gasteiger partial charge in [0.05, 0.1) is 20.6 Å². The summed E-state index contributed by atoms with van der Waals surface area (Å²) in [4.78, 5) is 0. The van der Waals surface area contributed by atoms with Gasteiger partial charge < -0.3 is 26.7 Å². The number of quaternary nitrogens is 1. The van der Waals surface area contributed by atoms with E-state index < -0.39 is 6.10 Å². The smallest absolute Gasteiger partial charge is 0.137 e. The van der Waals surface area contributed by atoms with Crippen LogP contribution in [0.25, 0.3) is 0 Å². The van der Waals surface area contributed by atoms with Crippen LogP contribution in [-0.4, -0.2) is 49.5 Å². The normalized spacial score (nSPS) is 12.4. The summed E-state index contributed by atoms with van der Waals surface area (Å²) in [5.74, 6) is 0.826. The molecule has 1 unspecified atom stereocenters. The van der Waals surface area contributed by atoms with E-state index in [1.807, 2.05) is 30.3 Å². The van der Waals surface area contributed by atoms with Crippen LogP contribution < -0.4 is 17.1 Å². The molecule has 0 bridgehead atoms. The number of likely N-dealkylation sites (N-methyl/N-ethyl adjacent to an activating group) is 1. The molecule has 0 heterocycles. The van der Waals surface area contributed by atoms with E-state index in [4.69, 9.17) is 4.74 Å². The number of benzene rings is 1. The molecule has 0 aliphatic rings. The van der Waals surface area contributed by atoms with Gasteiger partial charge in [-0.2, -0.15) is 0 Å². The van der Waals surface area contributed by atoms with Gasteiger partial charge in [-0.25, -0.2) is 0 Å². The van der Waals surface area contributed by atoms with Crippen molar-refractivity contribution in [2.45, 2.75) is 77.2 Å². The lowest BCUT2D eigenvalue weighted by atomic mass is 10.1. The molecule has 0 amide bonds. The number of rotatable bonds is 16. The monoisotopic (exact) mass is 399 g/mol. The minimum Gasteiger partial charge on any atom is -1.00 e. The van der Waals surface area contributed by atoms with E-state index in [0.29, 0.717) is 6.61 Å². The van der Waals surface area contributed by atoms with Gasteiger partial charge in [-0.3, -0.25) is 0 Å². The summed E-state index contributed by atoms with van der Waals surface area (Å²) in [5.41, 5.74) is 0. The fourth-order valence-corrected chi connectivity index (χ4v) is 3.45. The molecule has 1 rings (SSSR count). The standard InChI is InChI=1S/C23H42NO2.ClH/c1-4-5-6-7-8-9-10-11-12-16-19-24(2,3)20-22(25)21-26-23-17-14-13-15-18-23;/h13-15,17-18,22,25H,4-12,16,19-21H2,1-3H3;1H/q+1;/p-1. The van der Waals surface area contributed by atoms with Gasteiger partial charge in [0, 0.05) is 0 Å². The lowest BCUT2D eigenvalue weighted by Crippen LogP contribution is -3.00. The third kappa shape index (κ3) is 14.9. The number of aliphatic hydroxyl groups is 1. The predicted molar refractivity (Wildman–Crippen MR) is 112 cm³/mol. The molecule has 1 N–H and O–H groups in total. The second kappa shape index (κ2) is 16.2. The molecular formula is C23H42ClNO2. The Morgan fingerprint density at radius 3 is 1.93 bits per heavy atom. The number of aliphatic hydroxyl groups excluding tert-OH is 1. The molecule has 3 nitrogen and oxygen atoms in total. The molecule has 4 heteroatoms. The molecule has 27 heavy (non-hydrogen) atoms. The van der Waals surface area contributed by atoms with Crippen LogP contribution in [0.1, 0.15) is 71.1 Å². The second-order valence-electron chi connectivity index (χ2n) is 8.30. The number of unbranched alkanes of at least 4 members (excludes halogenated alkanes) is 9. The Balaban J connectivity index is 0.00000676. The van der Waals surface area contributed by atoms with Crippen molar-refractivity contribution in [3.05, 3.63) is 30.3 Å². The Morgan fingerprint density at radius 2 is 1.37 bits per heavy atom. The maximum absolute atomic E-state index is 10.3. The number of hydrogen-bond acceptors (Lipinski definition) is 2. The Kier molecular flexibility index (Phi) is 15.7. The highest BCUT2D eigenvalue weighted by Gasteiger charge is 2.20. The van der Waals surface area contributed by atoms with E-state index in [2.05, 4.69) is 21.0 Å². The van der Waals surface area contributed by atoms with Crippen LogP contribution >= 0.6 is 0 Å². The van der Waals surface area contributed by atoms with Gasteiger partial charge >= 0.3 is 0 Å². The van der Waals surface area contributed by atoms with Crippen LogP contribution in [0.15, 0.2) is 30.3 Å². The minimum atomic E-state index is -0.423. The molecule has 1 atom stereocenters. The van der Waals surface area contributed by atoms with E-state index in [0.717, 1.165) is 23.3 Å². The zero-order valence-electron chi connectivity index (χ0n) is 17.8. The molecule has 0 aliphatic heterocycles. The lowest BCUT2D eigenvalue weighted by molar-refractivity contribution is -0.893. The van der Waals surface area contributed by atoms with Crippen molar-refractivity contribution in [3.63, 3.8) is 0 Å². The number of nitrogens with zero attached hydrogens (tertiary/aromatic N) is 1.